The average Bonchev–Trinajstić information content (AvgIpc) is 3.16. The molecule has 144 valence electrons. The van der Waals surface area contributed by atoms with Gasteiger partial charge in [-0.25, -0.2) is 0 Å². The van der Waals surface area contributed by atoms with E-state index < -0.39 is 0 Å². The van der Waals surface area contributed by atoms with E-state index >= 15 is 0 Å². The van der Waals surface area contributed by atoms with Crippen LogP contribution in [0.3, 0.4) is 0 Å². The average molecular weight is 360 g/mol. The molecule has 0 bridgehead atoms. The molecule has 2 unspecified atom stereocenters. The number of hydrogen-bond donors (Lipinski definition) is 2. The summed E-state index contributed by atoms with van der Waals surface area (Å²) in [4.78, 5) is 14.7. The smallest absolute Gasteiger partial charge is 0.220 e. The van der Waals surface area contributed by atoms with Gasteiger partial charge in [0.05, 0.1) is 7.11 Å². The number of carbonyl (C=O) groups excluding carboxylic acids is 1. The van der Waals surface area contributed by atoms with Crippen molar-refractivity contribution in [2.24, 2.45) is 17.8 Å². The van der Waals surface area contributed by atoms with Crippen LogP contribution >= 0.6 is 0 Å². The van der Waals surface area contributed by atoms with E-state index in [4.69, 9.17) is 4.74 Å². The fourth-order valence-corrected chi connectivity index (χ4v) is 4.24. The van der Waals surface area contributed by atoms with Crippen LogP contribution in [0.15, 0.2) is 24.3 Å². The maximum atomic E-state index is 12.3. The summed E-state index contributed by atoms with van der Waals surface area (Å²) in [5.74, 6) is 2.81. The van der Waals surface area contributed by atoms with E-state index in [0.29, 0.717) is 24.2 Å². The Morgan fingerprint density at radius 2 is 2.15 bits per heavy atom. The lowest BCUT2D eigenvalue weighted by molar-refractivity contribution is -0.122. The first-order chi connectivity index (χ1) is 12.7. The van der Waals surface area contributed by atoms with Crippen molar-refractivity contribution in [2.45, 2.75) is 32.6 Å². The third kappa shape index (κ3) is 5.13. The zero-order chi connectivity index (χ0) is 18.4. The minimum absolute atomic E-state index is 0.218. The van der Waals surface area contributed by atoms with E-state index in [1.165, 1.54) is 18.5 Å². The molecule has 0 radical (unpaired) electrons. The van der Waals surface area contributed by atoms with Crippen LogP contribution < -0.4 is 20.3 Å². The molecule has 0 aliphatic carbocycles. The number of methoxy groups -OCH3 is 1. The Kier molecular flexibility index (Phi) is 6.78. The molecule has 0 saturated carbocycles. The maximum Gasteiger partial charge on any atom is 0.220 e. The molecule has 2 heterocycles. The van der Waals surface area contributed by atoms with E-state index in [1.54, 1.807) is 7.11 Å². The van der Waals surface area contributed by atoms with Gasteiger partial charge in [-0.2, -0.15) is 0 Å². The second-order valence-electron chi connectivity index (χ2n) is 7.88. The quantitative estimate of drug-likeness (QED) is 0.786. The number of ether oxygens (including phenoxy) is 1. The highest BCUT2D eigenvalue weighted by Crippen LogP contribution is 2.27. The molecule has 3 rings (SSSR count). The molecule has 2 aliphatic heterocycles. The molecule has 1 aromatic carbocycles. The highest BCUT2D eigenvalue weighted by molar-refractivity contribution is 5.76. The summed E-state index contributed by atoms with van der Waals surface area (Å²) in [6, 6.07) is 8.22. The number of hydrogen-bond acceptors (Lipinski definition) is 4. The Morgan fingerprint density at radius 3 is 2.92 bits per heavy atom. The lowest BCUT2D eigenvalue weighted by Crippen LogP contribution is -2.35. The number of rotatable bonds is 7. The number of carbonyl (C=O) groups is 1. The van der Waals surface area contributed by atoms with Crippen LogP contribution in [0.25, 0.3) is 0 Å². The number of anilines is 1. The van der Waals surface area contributed by atoms with Crippen LogP contribution in [0.2, 0.25) is 0 Å². The molecule has 1 aromatic rings. The Labute approximate surface area is 157 Å². The standard InChI is InChI=1S/C21H33N3O2/c1-16(18-6-9-22-10-7-18)12-21(25)23-14-17-8-11-24(15-17)19-4-3-5-20(13-19)26-2/h3-5,13,16-18,22H,6-12,14-15H2,1-2H3,(H,23,25). The van der Waals surface area contributed by atoms with E-state index in [2.05, 4.69) is 34.6 Å². The first-order valence-corrected chi connectivity index (χ1v) is 10.0. The first-order valence-electron chi connectivity index (χ1n) is 10.0. The molecule has 2 saturated heterocycles. The van der Waals surface area contributed by atoms with Gasteiger partial charge in [0.2, 0.25) is 5.91 Å². The van der Waals surface area contributed by atoms with Gasteiger partial charge in [-0.1, -0.05) is 13.0 Å². The Balaban J connectivity index is 1.40. The van der Waals surface area contributed by atoms with Crippen LogP contribution in [0, 0.1) is 17.8 Å². The molecule has 5 nitrogen and oxygen atoms in total. The van der Waals surface area contributed by atoms with Crippen LogP contribution in [0.5, 0.6) is 5.75 Å². The minimum atomic E-state index is 0.218. The van der Waals surface area contributed by atoms with Crippen LogP contribution in [-0.4, -0.2) is 45.7 Å². The van der Waals surface area contributed by atoms with Crippen molar-refractivity contribution in [1.82, 2.24) is 10.6 Å². The van der Waals surface area contributed by atoms with Gasteiger partial charge in [0.1, 0.15) is 5.75 Å². The van der Waals surface area contributed by atoms with Crippen molar-refractivity contribution in [2.75, 3.05) is 44.7 Å². The molecule has 1 amide bonds. The highest BCUT2D eigenvalue weighted by Gasteiger charge is 2.25. The summed E-state index contributed by atoms with van der Waals surface area (Å²) in [5, 5.41) is 6.58. The van der Waals surface area contributed by atoms with Crippen LogP contribution in [0.4, 0.5) is 5.69 Å². The number of benzene rings is 1. The zero-order valence-electron chi connectivity index (χ0n) is 16.2. The largest absolute Gasteiger partial charge is 0.497 e. The van der Waals surface area contributed by atoms with Crippen molar-refractivity contribution in [3.63, 3.8) is 0 Å². The third-order valence-electron chi connectivity index (χ3n) is 5.99. The van der Waals surface area contributed by atoms with E-state index in [0.717, 1.165) is 44.9 Å². The highest BCUT2D eigenvalue weighted by atomic mass is 16.5. The lowest BCUT2D eigenvalue weighted by Gasteiger charge is -2.28. The van der Waals surface area contributed by atoms with E-state index in [1.807, 2.05) is 12.1 Å². The molecular formula is C21H33N3O2. The van der Waals surface area contributed by atoms with Crippen LogP contribution in [-0.2, 0) is 4.79 Å². The predicted molar refractivity (Wildman–Crippen MR) is 106 cm³/mol. The summed E-state index contributed by atoms with van der Waals surface area (Å²) in [6.45, 7) is 7.25. The summed E-state index contributed by atoms with van der Waals surface area (Å²) in [6.07, 6.45) is 4.19. The molecule has 0 spiro atoms. The summed E-state index contributed by atoms with van der Waals surface area (Å²) in [5.41, 5.74) is 1.21. The van der Waals surface area contributed by atoms with E-state index in [-0.39, 0.29) is 5.91 Å². The summed E-state index contributed by atoms with van der Waals surface area (Å²) in [7, 11) is 1.70. The number of nitrogens with one attached hydrogen (secondary N) is 2. The molecule has 26 heavy (non-hydrogen) atoms. The van der Waals surface area contributed by atoms with Gasteiger partial charge in [-0.15, -0.1) is 0 Å². The second-order valence-corrected chi connectivity index (χ2v) is 7.88. The van der Waals surface area contributed by atoms with Crippen molar-refractivity contribution < 1.29 is 9.53 Å². The van der Waals surface area contributed by atoms with Crippen molar-refractivity contribution >= 4 is 11.6 Å². The lowest BCUT2D eigenvalue weighted by atomic mass is 9.84. The summed E-state index contributed by atoms with van der Waals surface area (Å²) < 4.78 is 5.32. The summed E-state index contributed by atoms with van der Waals surface area (Å²) >= 11 is 0. The van der Waals surface area contributed by atoms with Gasteiger partial charge in [0.25, 0.3) is 0 Å². The second kappa shape index (κ2) is 9.26. The monoisotopic (exact) mass is 359 g/mol. The SMILES string of the molecule is COc1cccc(N2CCC(CNC(=O)CC(C)C3CCNCC3)C2)c1. The van der Waals surface area contributed by atoms with Crippen molar-refractivity contribution in [3.05, 3.63) is 24.3 Å². The maximum absolute atomic E-state index is 12.3. The Bertz CT molecular complexity index is 586. The number of piperidine rings is 1. The third-order valence-corrected chi connectivity index (χ3v) is 5.99. The van der Waals surface area contributed by atoms with Gasteiger partial charge in [-0.05, 0) is 62.2 Å². The Hall–Kier alpha value is -1.75. The minimum Gasteiger partial charge on any atom is -0.497 e. The molecular weight excluding hydrogens is 326 g/mol. The molecule has 2 N–H and O–H groups in total. The van der Waals surface area contributed by atoms with Gasteiger partial charge in [0, 0.05) is 37.8 Å². The van der Waals surface area contributed by atoms with E-state index in [9.17, 15) is 4.79 Å². The fourth-order valence-electron chi connectivity index (χ4n) is 4.24. The zero-order valence-corrected chi connectivity index (χ0v) is 16.2. The van der Waals surface area contributed by atoms with Crippen molar-refractivity contribution in [3.8, 4) is 5.75 Å². The Morgan fingerprint density at radius 1 is 1.35 bits per heavy atom. The molecule has 0 aromatic heterocycles. The molecule has 2 atom stereocenters. The molecule has 2 aliphatic rings. The predicted octanol–water partition coefficient (Wildman–Crippen LogP) is 2.66. The topological polar surface area (TPSA) is 53.6 Å². The fraction of sp³-hybridized carbons (Fsp3) is 0.667. The van der Waals surface area contributed by atoms with Crippen molar-refractivity contribution in [1.29, 1.82) is 0 Å². The van der Waals surface area contributed by atoms with Crippen LogP contribution in [0.1, 0.15) is 32.6 Å². The van der Waals surface area contributed by atoms with Gasteiger partial charge in [-0.3, -0.25) is 4.79 Å². The molecule has 2 fully saturated rings. The number of nitrogens with zero attached hydrogens (tertiary/aromatic N) is 1. The molecule has 5 heteroatoms. The first kappa shape index (κ1) is 19.0. The van der Waals surface area contributed by atoms with Gasteiger partial charge in [0.15, 0.2) is 0 Å². The number of amides is 1. The van der Waals surface area contributed by atoms with Gasteiger partial charge < -0.3 is 20.3 Å². The normalized spacial score (nSPS) is 22.2. The van der Waals surface area contributed by atoms with Gasteiger partial charge >= 0.3 is 0 Å².